The zero-order valence-corrected chi connectivity index (χ0v) is 12.6. The topological polar surface area (TPSA) is 69.6 Å². The molecular weight excluding hydrogens is 244 g/mol. The van der Waals surface area contributed by atoms with Gasteiger partial charge in [-0.1, -0.05) is 20.8 Å². The number of amides is 1. The second-order valence-corrected chi connectivity index (χ2v) is 5.54. The first-order valence-electron chi connectivity index (χ1n) is 7.08. The van der Waals surface area contributed by atoms with Gasteiger partial charge in [-0.05, 0) is 38.6 Å². The third kappa shape index (κ3) is 10.5. The van der Waals surface area contributed by atoms with Gasteiger partial charge in [-0.2, -0.15) is 0 Å². The SMILES string of the molecule is CCCN(CC(=O)O)CC(=O)NC(C)CCC(C)C. The molecular formula is C14H28N2O3. The Morgan fingerprint density at radius 3 is 2.26 bits per heavy atom. The Bertz CT molecular complexity index is 280. The average Bonchev–Trinajstić information content (AvgIpc) is 2.25. The van der Waals surface area contributed by atoms with Gasteiger partial charge in [-0.3, -0.25) is 14.5 Å². The van der Waals surface area contributed by atoms with E-state index in [2.05, 4.69) is 19.2 Å². The van der Waals surface area contributed by atoms with E-state index in [9.17, 15) is 9.59 Å². The van der Waals surface area contributed by atoms with Gasteiger partial charge >= 0.3 is 5.97 Å². The Morgan fingerprint density at radius 1 is 1.16 bits per heavy atom. The van der Waals surface area contributed by atoms with Gasteiger partial charge in [0.2, 0.25) is 5.91 Å². The molecule has 0 saturated carbocycles. The molecule has 0 saturated heterocycles. The van der Waals surface area contributed by atoms with Crippen LogP contribution in [0.3, 0.4) is 0 Å². The number of rotatable bonds is 10. The maximum atomic E-state index is 11.8. The number of nitrogens with zero attached hydrogens (tertiary/aromatic N) is 1. The third-order valence-electron chi connectivity index (χ3n) is 2.85. The molecule has 1 unspecified atom stereocenters. The first kappa shape index (κ1) is 17.9. The molecule has 0 bridgehead atoms. The second-order valence-electron chi connectivity index (χ2n) is 5.54. The number of nitrogens with one attached hydrogen (secondary N) is 1. The summed E-state index contributed by atoms with van der Waals surface area (Å²) in [6.45, 7) is 8.97. The van der Waals surface area contributed by atoms with Crippen LogP contribution in [0.5, 0.6) is 0 Å². The van der Waals surface area contributed by atoms with E-state index in [0.29, 0.717) is 12.5 Å². The van der Waals surface area contributed by atoms with Crippen molar-refractivity contribution in [2.24, 2.45) is 5.92 Å². The van der Waals surface area contributed by atoms with E-state index in [1.54, 1.807) is 4.90 Å². The highest BCUT2D eigenvalue weighted by molar-refractivity contribution is 5.79. The zero-order valence-electron chi connectivity index (χ0n) is 12.6. The van der Waals surface area contributed by atoms with E-state index >= 15 is 0 Å². The molecule has 0 aliphatic heterocycles. The number of aliphatic carboxylic acids is 1. The number of carbonyl (C=O) groups excluding carboxylic acids is 1. The quantitative estimate of drug-likeness (QED) is 0.635. The summed E-state index contributed by atoms with van der Waals surface area (Å²) >= 11 is 0. The Balaban J connectivity index is 4.06. The molecule has 112 valence electrons. The maximum Gasteiger partial charge on any atom is 0.317 e. The van der Waals surface area contributed by atoms with Crippen molar-refractivity contribution in [3.8, 4) is 0 Å². The molecule has 2 N–H and O–H groups in total. The predicted molar refractivity (Wildman–Crippen MR) is 76.0 cm³/mol. The van der Waals surface area contributed by atoms with Gasteiger partial charge in [0.05, 0.1) is 13.1 Å². The summed E-state index contributed by atoms with van der Waals surface area (Å²) in [6.07, 6.45) is 2.87. The van der Waals surface area contributed by atoms with Crippen molar-refractivity contribution in [3.63, 3.8) is 0 Å². The van der Waals surface area contributed by atoms with Crippen LogP contribution in [-0.4, -0.2) is 47.6 Å². The van der Waals surface area contributed by atoms with E-state index < -0.39 is 5.97 Å². The van der Waals surface area contributed by atoms with Crippen LogP contribution in [0, 0.1) is 5.92 Å². The lowest BCUT2D eigenvalue weighted by Crippen LogP contribution is -2.43. The van der Waals surface area contributed by atoms with Gasteiger partial charge in [0, 0.05) is 6.04 Å². The third-order valence-corrected chi connectivity index (χ3v) is 2.85. The highest BCUT2D eigenvalue weighted by atomic mass is 16.4. The minimum Gasteiger partial charge on any atom is -0.480 e. The molecule has 0 aliphatic rings. The highest BCUT2D eigenvalue weighted by Gasteiger charge is 2.14. The van der Waals surface area contributed by atoms with Gasteiger partial charge < -0.3 is 10.4 Å². The van der Waals surface area contributed by atoms with E-state index in [-0.39, 0.29) is 25.0 Å². The molecule has 5 heteroatoms. The van der Waals surface area contributed by atoms with Crippen LogP contribution in [0.2, 0.25) is 0 Å². The van der Waals surface area contributed by atoms with Crippen LogP contribution in [-0.2, 0) is 9.59 Å². The molecule has 0 rings (SSSR count). The van der Waals surface area contributed by atoms with E-state index in [1.807, 2.05) is 13.8 Å². The molecule has 0 aromatic carbocycles. The summed E-state index contributed by atoms with van der Waals surface area (Å²) in [7, 11) is 0. The molecule has 0 aromatic rings. The first-order valence-corrected chi connectivity index (χ1v) is 7.08. The lowest BCUT2D eigenvalue weighted by molar-refractivity contribution is -0.138. The monoisotopic (exact) mass is 272 g/mol. The zero-order chi connectivity index (χ0) is 14.8. The fourth-order valence-electron chi connectivity index (χ4n) is 1.90. The van der Waals surface area contributed by atoms with Crippen LogP contribution in [0.25, 0.3) is 0 Å². The number of hydrogen-bond donors (Lipinski definition) is 2. The Kier molecular flexibility index (Phi) is 9.21. The van der Waals surface area contributed by atoms with E-state index in [4.69, 9.17) is 5.11 Å². The van der Waals surface area contributed by atoms with Crippen LogP contribution >= 0.6 is 0 Å². The molecule has 0 radical (unpaired) electrons. The van der Waals surface area contributed by atoms with Gasteiger partial charge in [0.15, 0.2) is 0 Å². The molecule has 0 spiro atoms. The molecule has 19 heavy (non-hydrogen) atoms. The average molecular weight is 272 g/mol. The highest BCUT2D eigenvalue weighted by Crippen LogP contribution is 2.06. The summed E-state index contributed by atoms with van der Waals surface area (Å²) in [5, 5.41) is 11.7. The van der Waals surface area contributed by atoms with Gasteiger partial charge in [-0.25, -0.2) is 0 Å². The number of carboxylic acids is 1. The second kappa shape index (κ2) is 9.78. The Labute approximate surface area is 116 Å². The molecule has 0 aliphatic carbocycles. The van der Waals surface area contributed by atoms with Crippen molar-refractivity contribution < 1.29 is 14.7 Å². The molecule has 5 nitrogen and oxygen atoms in total. The van der Waals surface area contributed by atoms with Crippen LogP contribution < -0.4 is 5.32 Å². The first-order chi connectivity index (χ1) is 8.85. The minimum atomic E-state index is -0.894. The van der Waals surface area contributed by atoms with E-state index in [0.717, 1.165) is 19.3 Å². The van der Waals surface area contributed by atoms with Crippen molar-refractivity contribution in [1.82, 2.24) is 10.2 Å². The van der Waals surface area contributed by atoms with Gasteiger partial charge in [0.1, 0.15) is 0 Å². The molecule has 1 amide bonds. The van der Waals surface area contributed by atoms with Gasteiger partial charge in [-0.15, -0.1) is 0 Å². The predicted octanol–water partition coefficient (Wildman–Crippen LogP) is 1.72. The lowest BCUT2D eigenvalue weighted by Gasteiger charge is -2.21. The molecule has 0 heterocycles. The van der Waals surface area contributed by atoms with Crippen molar-refractivity contribution in [3.05, 3.63) is 0 Å². The van der Waals surface area contributed by atoms with Crippen molar-refractivity contribution in [2.75, 3.05) is 19.6 Å². The summed E-state index contributed by atoms with van der Waals surface area (Å²) in [4.78, 5) is 24.2. The normalized spacial score (nSPS) is 12.7. The molecule has 0 aromatic heterocycles. The number of carboxylic acid groups (broad SMARTS) is 1. The summed E-state index contributed by atoms with van der Waals surface area (Å²) in [5.74, 6) is -0.358. The van der Waals surface area contributed by atoms with E-state index in [1.165, 1.54) is 0 Å². The molecule has 0 fully saturated rings. The fraction of sp³-hybridized carbons (Fsp3) is 0.857. The molecule has 1 atom stereocenters. The summed E-state index contributed by atoms with van der Waals surface area (Å²) in [5.41, 5.74) is 0. The minimum absolute atomic E-state index is 0.0817. The Morgan fingerprint density at radius 2 is 1.79 bits per heavy atom. The smallest absolute Gasteiger partial charge is 0.317 e. The van der Waals surface area contributed by atoms with Crippen LogP contribution in [0.4, 0.5) is 0 Å². The lowest BCUT2D eigenvalue weighted by atomic mass is 10.0. The van der Waals surface area contributed by atoms with Gasteiger partial charge in [0.25, 0.3) is 0 Å². The summed E-state index contributed by atoms with van der Waals surface area (Å²) in [6, 6.07) is 0.142. The standard InChI is InChI=1S/C14H28N2O3/c1-5-8-16(10-14(18)19)9-13(17)15-12(4)7-6-11(2)3/h11-12H,5-10H2,1-4H3,(H,15,17)(H,18,19). The maximum absolute atomic E-state index is 11.8. The van der Waals surface area contributed by atoms with Crippen LogP contribution in [0.15, 0.2) is 0 Å². The fourth-order valence-corrected chi connectivity index (χ4v) is 1.90. The summed E-state index contributed by atoms with van der Waals surface area (Å²) < 4.78 is 0. The largest absolute Gasteiger partial charge is 0.480 e. The van der Waals surface area contributed by atoms with Crippen molar-refractivity contribution in [1.29, 1.82) is 0 Å². The van der Waals surface area contributed by atoms with Crippen molar-refractivity contribution in [2.45, 2.75) is 53.0 Å². The van der Waals surface area contributed by atoms with Crippen molar-refractivity contribution >= 4 is 11.9 Å². The number of hydrogen-bond acceptors (Lipinski definition) is 3. The number of carbonyl (C=O) groups is 2. The Hall–Kier alpha value is -1.10. The van der Waals surface area contributed by atoms with Crippen LogP contribution in [0.1, 0.15) is 47.0 Å².